The zero-order chi connectivity index (χ0) is 15.1. The van der Waals surface area contributed by atoms with Crippen LogP contribution in [0.15, 0.2) is 42.6 Å². The van der Waals surface area contributed by atoms with Crippen molar-refractivity contribution in [3.05, 3.63) is 59.7 Å². The molecule has 2 aromatic rings. The molecule has 3 nitrogen and oxygen atoms in total. The highest BCUT2D eigenvalue weighted by atomic mass is 19.1. The summed E-state index contributed by atoms with van der Waals surface area (Å²) in [6.45, 7) is 5.11. The van der Waals surface area contributed by atoms with Gasteiger partial charge in [-0.1, -0.05) is 32.0 Å². The van der Waals surface area contributed by atoms with Crippen molar-refractivity contribution in [3.63, 3.8) is 0 Å². The van der Waals surface area contributed by atoms with E-state index in [1.807, 2.05) is 24.3 Å². The van der Waals surface area contributed by atoms with Gasteiger partial charge in [0.1, 0.15) is 0 Å². The molecule has 112 valence electrons. The fraction of sp³-hybridized carbons (Fsp3) is 0.353. The van der Waals surface area contributed by atoms with Gasteiger partial charge in [0, 0.05) is 36.5 Å². The van der Waals surface area contributed by atoms with E-state index >= 15 is 0 Å². The van der Waals surface area contributed by atoms with Crippen molar-refractivity contribution < 1.29 is 9.13 Å². The monoisotopic (exact) mass is 288 g/mol. The van der Waals surface area contributed by atoms with Gasteiger partial charge in [0.05, 0.1) is 6.61 Å². The Balaban J connectivity index is 1.98. The fourth-order valence-electron chi connectivity index (χ4n) is 1.97. The van der Waals surface area contributed by atoms with Crippen molar-refractivity contribution in [2.45, 2.75) is 32.9 Å². The molecule has 0 aliphatic rings. The lowest BCUT2D eigenvalue weighted by atomic mass is 10.2. The first-order chi connectivity index (χ1) is 10.2. The quantitative estimate of drug-likeness (QED) is 0.848. The highest BCUT2D eigenvalue weighted by molar-refractivity contribution is 5.35. The summed E-state index contributed by atoms with van der Waals surface area (Å²) >= 11 is 0. The van der Waals surface area contributed by atoms with Gasteiger partial charge in [0.25, 0.3) is 0 Å². The SMILES string of the molecule is CC(C)NCc1cccc(F)c1OCCc1ccccn1. The summed E-state index contributed by atoms with van der Waals surface area (Å²) < 4.78 is 19.6. The minimum atomic E-state index is -0.320. The number of ether oxygens (including phenoxy) is 1. The molecule has 0 bridgehead atoms. The van der Waals surface area contributed by atoms with Crippen LogP contribution in [0.1, 0.15) is 25.1 Å². The molecule has 0 radical (unpaired) electrons. The van der Waals surface area contributed by atoms with Crippen LogP contribution in [-0.4, -0.2) is 17.6 Å². The molecular weight excluding hydrogens is 267 g/mol. The second-order valence-electron chi connectivity index (χ2n) is 5.18. The summed E-state index contributed by atoms with van der Waals surface area (Å²) in [5.74, 6) is 0.0145. The van der Waals surface area contributed by atoms with Crippen LogP contribution in [0.4, 0.5) is 4.39 Å². The number of hydrogen-bond acceptors (Lipinski definition) is 3. The third-order valence-electron chi connectivity index (χ3n) is 3.08. The van der Waals surface area contributed by atoms with Crippen molar-refractivity contribution in [2.75, 3.05) is 6.61 Å². The Morgan fingerprint density at radius 1 is 1.19 bits per heavy atom. The molecule has 2 rings (SSSR count). The normalized spacial score (nSPS) is 10.9. The van der Waals surface area contributed by atoms with Gasteiger partial charge in [-0.25, -0.2) is 4.39 Å². The molecule has 4 heteroatoms. The number of aromatic nitrogens is 1. The first-order valence-corrected chi connectivity index (χ1v) is 7.20. The van der Waals surface area contributed by atoms with Crippen molar-refractivity contribution in [1.82, 2.24) is 10.3 Å². The zero-order valence-electron chi connectivity index (χ0n) is 12.5. The molecule has 1 aromatic heterocycles. The first kappa shape index (κ1) is 15.4. The van der Waals surface area contributed by atoms with Crippen LogP contribution in [0, 0.1) is 5.82 Å². The molecule has 0 aliphatic carbocycles. The number of hydrogen-bond donors (Lipinski definition) is 1. The first-order valence-electron chi connectivity index (χ1n) is 7.20. The predicted octanol–water partition coefficient (Wildman–Crippen LogP) is 3.34. The molecule has 0 unspecified atom stereocenters. The number of benzene rings is 1. The Morgan fingerprint density at radius 2 is 2.05 bits per heavy atom. The molecule has 0 fully saturated rings. The Hall–Kier alpha value is -1.94. The van der Waals surface area contributed by atoms with E-state index in [0.29, 0.717) is 31.4 Å². The predicted molar refractivity (Wildman–Crippen MR) is 81.8 cm³/mol. The van der Waals surface area contributed by atoms with Crippen LogP contribution in [-0.2, 0) is 13.0 Å². The minimum absolute atomic E-state index is 0.320. The van der Waals surface area contributed by atoms with Crippen LogP contribution < -0.4 is 10.1 Å². The van der Waals surface area contributed by atoms with Crippen LogP contribution in [0.2, 0.25) is 0 Å². The maximum absolute atomic E-state index is 13.9. The average molecular weight is 288 g/mol. The van der Waals surface area contributed by atoms with Gasteiger partial charge in [-0.15, -0.1) is 0 Å². The van der Waals surface area contributed by atoms with Crippen LogP contribution in [0.5, 0.6) is 5.75 Å². The summed E-state index contributed by atoms with van der Waals surface area (Å²) in [7, 11) is 0. The summed E-state index contributed by atoms with van der Waals surface area (Å²) in [4.78, 5) is 4.23. The van der Waals surface area contributed by atoms with Crippen LogP contribution >= 0.6 is 0 Å². The van der Waals surface area contributed by atoms with E-state index in [2.05, 4.69) is 24.1 Å². The molecule has 0 atom stereocenters. The van der Waals surface area contributed by atoms with E-state index in [9.17, 15) is 4.39 Å². The lowest BCUT2D eigenvalue weighted by molar-refractivity contribution is 0.299. The number of pyridine rings is 1. The van der Waals surface area contributed by atoms with Crippen molar-refractivity contribution in [3.8, 4) is 5.75 Å². The van der Waals surface area contributed by atoms with Crippen molar-refractivity contribution >= 4 is 0 Å². The minimum Gasteiger partial charge on any atom is -0.490 e. The Morgan fingerprint density at radius 3 is 2.76 bits per heavy atom. The summed E-state index contributed by atoms with van der Waals surface area (Å²) in [5.41, 5.74) is 1.78. The van der Waals surface area contributed by atoms with Crippen LogP contribution in [0.25, 0.3) is 0 Å². The van der Waals surface area contributed by atoms with Crippen LogP contribution in [0.3, 0.4) is 0 Å². The lowest BCUT2D eigenvalue weighted by Gasteiger charge is -2.14. The Bertz CT molecular complexity index is 558. The molecule has 0 amide bonds. The van der Waals surface area contributed by atoms with Crippen molar-refractivity contribution in [1.29, 1.82) is 0 Å². The fourth-order valence-corrected chi connectivity index (χ4v) is 1.97. The van der Waals surface area contributed by atoms with Gasteiger partial charge in [-0.2, -0.15) is 0 Å². The Labute approximate surface area is 125 Å². The van der Waals surface area contributed by atoms with E-state index < -0.39 is 0 Å². The summed E-state index contributed by atoms with van der Waals surface area (Å²) in [5, 5.41) is 3.28. The molecule has 1 heterocycles. The summed E-state index contributed by atoms with van der Waals surface area (Å²) in [6, 6.07) is 11.1. The lowest BCUT2D eigenvalue weighted by Crippen LogP contribution is -2.22. The largest absolute Gasteiger partial charge is 0.490 e. The number of nitrogens with one attached hydrogen (secondary N) is 1. The molecule has 21 heavy (non-hydrogen) atoms. The molecule has 0 saturated carbocycles. The molecule has 0 saturated heterocycles. The number of rotatable bonds is 7. The smallest absolute Gasteiger partial charge is 0.165 e. The topological polar surface area (TPSA) is 34.1 Å². The number of halogens is 1. The molecule has 0 spiro atoms. The highest BCUT2D eigenvalue weighted by Crippen LogP contribution is 2.23. The van der Waals surface area contributed by atoms with E-state index in [0.717, 1.165) is 11.3 Å². The molecule has 0 aliphatic heterocycles. The van der Waals surface area contributed by atoms with Gasteiger partial charge in [-0.05, 0) is 18.2 Å². The van der Waals surface area contributed by atoms with Gasteiger partial charge >= 0.3 is 0 Å². The third-order valence-corrected chi connectivity index (χ3v) is 3.08. The van der Waals surface area contributed by atoms with E-state index in [-0.39, 0.29) is 5.82 Å². The van der Waals surface area contributed by atoms with E-state index in [1.54, 1.807) is 12.3 Å². The molecule has 1 aromatic carbocycles. The molecular formula is C17H21FN2O. The average Bonchev–Trinajstić information content (AvgIpc) is 2.48. The third kappa shape index (κ3) is 4.83. The summed E-state index contributed by atoms with van der Waals surface area (Å²) in [6.07, 6.45) is 2.41. The zero-order valence-corrected chi connectivity index (χ0v) is 12.5. The van der Waals surface area contributed by atoms with Gasteiger partial charge < -0.3 is 10.1 Å². The van der Waals surface area contributed by atoms with E-state index in [4.69, 9.17) is 4.74 Å². The van der Waals surface area contributed by atoms with Gasteiger partial charge in [0.2, 0.25) is 0 Å². The number of nitrogens with zero attached hydrogens (tertiary/aromatic N) is 1. The standard InChI is InChI=1S/C17H21FN2O/c1-13(2)20-12-14-6-5-8-16(18)17(14)21-11-9-15-7-3-4-10-19-15/h3-8,10,13,20H,9,11-12H2,1-2H3. The second kappa shape index (κ2) is 7.74. The van der Waals surface area contributed by atoms with Gasteiger partial charge in [0.15, 0.2) is 11.6 Å². The molecule has 1 N–H and O–H groups in total. The second-order valence-corrected chi connectivity index (χ2v) is 5.18. The number of para-hydroxylation sites is 1. The van der Waals surface area contributed by atoms with Crippen molar-refractivity contribution in [2.24, 2.45) is 0 Å². The maximum Gasteiger partial charge on any atom is 0.165 e. The highest BCUT2D eigenvalue weighted by Gasteiger charge is 2.10. The Kier molecular flexibility index (Phi) is 5.69. The van der Waals surface area contributed by atoms with Gasteiger partial charge in [-0.3, -0.25) is 4.98 Å². The maximum atomic E-state index is 13.9. The van der Waals surface area contributed by atoms with E-state index in [1.165, 1.54) is 6.07 Å².